The Hall–Kier alpha value is -2.48. The highest BCUT2D eigenvalue weighted by atomic mass is 15.0. The minimum atomic E-state index is 1.17. The van der Waals surface area contributed by atoms with E-state index in [9.17, 15) is 0 Å². The van der Waals surface area contributed by atoms with E-state index in [0.717, 1.165) is 0 Å². The summed E-state index contributed by atoms with van der Waals surface area (Å²) in [5, 5.41) is 0. The van der Waals surface area contributed by atoms with Gasteiger partial charge in [-0.2, -0.15) is 0 Å². The first-order chi connectivity index (χ1) is 10.2. The molecule has 104 valence electrons. The van der Waals surface area contributed by atoms with E-state index in [0.29, 0.717) is 0 Å². The first-order valence-corrected chi connectivity index (χ1v) is 7.14. The Morgan fingerprint density at radius 1 is 0.762 bits per heavy atom. The van der Waals surface area contributed by atoms with E-state index in [1.165, 1.54) is 33.5 Å². The molecule has 0 radical (unpaired) electrons. The van der Waals surface area contributed by atoms with E-state index in [2.05, 4.69) is 79.0 Å². The minimum Gasteiger partial charge on any atom is -0.232 e. The Labute approximate surface area is 125 Å². The molecule has 21 heavy (non-hydrogen) atoms. The van der Waals surface area contributed by atoms with Crippen LogP contribution in [0.2, 0.25) is 0 Å². The zero-order valence-corrected chi connectivity index (χ0v) is 12.7. The summed E-state index contributed by atoms with van der Waals surface area (Å²) in [7, 11) is 2.05. The van der Waals surface area contributed by atoms with Crippen molar-refractivity contribution in [1.82, 2.24) is 4.98 Å². The number of rotatable bonds is 2. The summed E-state index contributed by atoms with van der Waals surface area (Å²) in [6.45, 7) is 4.29. The second-order valence-corrected chi connectivity index (χ2v) is 5.40. The molecular weight excluding hydrogens is 256 g/mol. The molecule has 2 heteroatoms. The molecule has 0 saturated heterocycles. The molecule has 2 aromatic carbocycles. The Morgan fingerprint density at radius 2 is 1.33 bits per heavy atom. The summed E-state index contributed by atoms with van der Waals surface area (Å²) < 4.78 is 2.10. The maximum Gasteiger partial charge on any atom is 0.286 e. The van der Waals surface area contributed by atoms with Gasteiger partial charge < -0.3 is 0 Å². The third kappa shape index (κ3) is 2.45. The van der Waals surface area contributed by atoms with Crippen LogP contribution in [0.3, 0.4) is 0 Å². The Balaban J connectivity index is 2.32. The highest BCUT2D eigenvalue weighted by Gasteiger charge is 2.18. The van der Waals surface area contributed by atoms with Crippen LogP contribution in [0.4, 0.5) is 0 Å². The van der Waals surface area contributed by atoms with Gasteiger partial charge in [-0.05, 0) is 30.5 Å². The van der Waals surface area contributed by atoms with Crippen LogP contribution in [0.15, 0.2) is 61.1 Å². The summed E-state index contributed by atoms with van der Waals surface area (Å²) in [5.41, 5.74) is 7.40. The number of aromatic nitrogens is 2. The van der Waals surface area contributed by atoms with Gasteiger partial charge in [0.25, 0.3) is 6.33 Å². The van der Waals surface area contributed by atoms with Gasteiger partial charge in [-0.3, -0.25) is 0 Å². The van der Waals surface area contributed by atoms with Gasteiger partial charge in [0.05, 0.1) is 12.6 Å². The molecule has 0 amide bonds. The molecule has 0 aliphatic rings. The second kappa shape index (κ2) is 5.49. The number of nitrogens with zero attached hydrogens (tertiary/aromatic N) is 2. The van der Waals surface area contributed by atoms with Gasteiger partial charge in [-0.15, -0.1) is 0 Å². The first-order valence-electron chi connectivity index (χ1n) is 7.14. The Kier molecular flexibility index (Phi) is 3.53. The maximum atomic E-state index is 4.38. The third-order valence-corrected chi connectivity index (χ3v) is 3.89. The lowest BCUT2D eigenvalue weighted by atomic mass is 9.95. The van der Waals surface area contributed by atoms with Crippen LogP contribution in [0.1, 0.15) is 11.1 Å². The van der Waals surface area contributed by atoms with E-state index in [-0.39, 0.29) is 0 Å². The summed E-state index contributed by atoms with van der Waals surface area (Å²) in [6.07, 6.45) is 3.83. The lowest BCUT2D eigenvalue weighted by Gasteiger charge is -2.12. The average molecular weight is 275 g/mol. The van der Waals surface area contributed by atoms with Crippen molar-refractivity contribution in [3.05, 3.63) is 72.2 Å². The monoisotopic (exact) mass is 275 g/mol. The summed E-state index contributed by atoms with van der Waals surface area (Å²) in [6, 6.07) is 16.9. The lowest BCUT2D eigenvalue weighted by molar-refractivity contribution is -0.663. The van der Waals surface area contributed by atoms with Gasteiger partial charge in [0.15, 0.2) is 6.20 Å². The van der Waals surface area contributed by atoms with E-state index < -0.39 is 0 Å². The van der Waals surface area contributed by atoms with Crippen LogP contribution in [0.25, 0.3) is 22.4 Å². The third-order valence-electron chi connectivity index (χ3n) is 3.89. The van der Waals surface area contributed by atoms with E-state index in [1.54, 1.807) is 0 Å². The molecule has 0 aliphatic heterocycles. The predicted molar refractivity (Wildman–Crippen MR) is 85.8 cm³/mol. The highest BCUT2D eigenvalue weighted by Crippen LogP contribution is 2.31. The van der Waals surface area contributed by atoms with Gasteiger partial charge in [-0.25, -0.2) is 4.57 Å². The largest absolute Gasteiger partial charge is 0.286 e. The summed E-state index contributed by atoms with van der Waals surface area (Å²) in [5.74, 6) is 0. The van der Waals surface area contributed by atoms with Crippen molar-refractivity contribution in [3.8, 4) is 22.4 Å². The summed E-state index contributed by atoms with van der Waals surface area (Å²) in [4.78, 5) is 4.38. The van der Waals surface area contributed by atoms with Crippen LogP contribution in [0.5, 0.6) is 0 Å². The number of aryl methyl sites for hydroxylation is 3. The van der Waals surface area contributed by atoms with Crippen LogP contribution < -0.4 is 4.57 Å². The van der Waals surface area contributed by atoms with Crippen molar-refractivity contribution in [3.63, 3.8) is 0 Å². The van der Waals surface area contributed by atoms with Gasteiger partial charge in [0, 0.05) is 5.56 Å². The van der Waals surface area contributed by atoms with E-state index in [4.69, 9.17) is 0 Å². The van der Waals surface area contributed by atoms with E-state index in [1.807, 2.05) is 12.5 Å². The van der Waals surface area contributed by atoms with Crippen molar-refractivity contribution in [2.45, 2.75) is 13.8 Å². The van der Waals surface area contributed by atoms with E-state index >= 15 is 0 Å². The second-order valence-electron chi connectivity index (χ2n) is 5.40. The first kappa shape index (κ1) is 13.5. The molecular formula is C19H19N2+. The number of hydrogen-bond acceptors (Lipinski definition) is 1. The molecule has 0 atom stereocenters. The normalized spacial score (nSPS) is 10.6. The molecule has 0 bridgehead atoms. The number of benzene rings is 2. The zero-order valence-electron chi connectivity index (χ0n) is 12.7. The molecule has 0 unspecified atom stereocenters. The van der Waals surface area contributed by atoms with Crippen LogP contribution in [0, 0.1) is 13.8 Å². The number of hydrogen-bond donors (Lipinski definition) is 0. The molecule has 0 saturated carbocycles. The van der Waals surface area contributed by atoms with Gasteiger partial charge in [0.1, 0.15) is 5.69 Å². The molecule has 0 fully saturated rings. The SMILES string of the molecule is Cc1ccccc1-c1cnc[n+](C)c1-c1ccccc1C. The van der Waals surface area contributed by atoms with Crippen LogP contribution in [-0.2, 0) is 7.05 Å². The molecule has 0 spiro atoms. The fourth-order valence-electron chi connectivity index (χ4n) is 2.76. The predicted octanol–water partition coefficient (Wildman–Crippen LogP) is 3.86. The Bertz CT molecular complexity index is 791. The zero-order chi connectivity index (χ0) is 14.8. The molecule has 1 heterocycles. The quantitative estimate of drug-likeness (QED) is 0.649. The molecule has 0 aliphatic carbocycles. The van der Waals surface area contributed by atoms with Gasteiger partial charge in [0.2, 0.25) is 0 Å². The van der Waals surface area contributed by atoms with Crippen molar-refractivity contribution in [2.24, 2.45) is 7.05 Å². The average Bonchev–Trinajstić information content (AvgIpc) is 2.49. The van der Waals surface area contributed by atoms with Crippen molar-refractivity contribution in [1.29, 1.82) is 0 Å². The fraction of sp³-hybridized carbons (Fsp3) is 0.158. The lowest BCUT2D eigenvalue weighted by Crippen LogP contribution is -2.32. The molecule has 2 nitrogen and oxygen atoms in total. The fourth-order valence-corrected chi connectivity index (χ4v) is 2.76. The van der Waals surface area contributed by atoms with Gasteiger partial charge in [-0.1, -0.05) is 53.5 Å². The van der Waals surface area contributed by atoms with Crippen molar-refractivity contribution >= 4 is 0 Å². The molecule has 3 aromatic rings. The smallest absolute Gasteiger partial charge is 0.232 e. The molecule has 0 N–H and O–H groups in total. The van der Waals surface area contributed by atoms with Crippen LogP contribution in [-0.4, -0.2) is 4.98 Å². The highest BCUT2D eigenvalue weighted by molar-refractivity contribution is 5.81. The van der Waals surface area contributed by atoms with Crippen LogP contribution >= 0.6 is 0 Å². The Morgan fingerprint density at radius 3 is 1.95 bits per heavy atom. The molecule has 1 aromatic heterocycles. The van der Waals surface area contributed by atoms with Crippen molar-refractivity contribution in [2.75, 3.05) is 0 Å². The molecule has 3 rings (SSSR count). The minimum absolute atomic E-state index is 1.17. The standard InChI is InChI=1S/C19H19N2/c1-14-8-4-6-10-16(14)18-12-20-13-21(3)19(18)17-11-7-5-9-15(17)2/h4-13H,1-3H3/q+1. The summed E-state index contributed by atoms with van der Waals surface area (Å²) >= 11 is 0. The van der Waals surface area contributed by atoms with Crippen molar-refractivity contribution < 1.29 is 4.57 Å². The maximum absolute atomic E-state index is 4.38. The van der Waals surface area contributed by atoms with Gasteiger partial charge >= 0.3 is 0 Å². The topological polar surface area (TPSA) is 16.8 Å².